The molecule has 0 atom stereocenters. The molecule has 0 fully saturated rings. The van der Waals surface area contributed by atoms with Crippen LogP contribution < -0.4 is 14.8 Å². The lowest BCUT2D eigenvalue weighted by molar-refractivity contribution is -0.882. The Bertz CT molecular complexity index is 983. The van der Waals surface area contributed by atoms with Crippen molar-refractivity contribution in [2.75, 3.05) is 40.3 Å². The number of nitrogens with zero attached hydrogens (tertiary/aromatic N) is 1. The molecule has 0 aliphatic rings. The molecule has 2 aromatic rings. The van der Waals surface area contributed by atoms with Gasteiger partial charge in [0.05, 0.1) is 27.2 Å². The molecule has 0 aromatic heterocycles. The summed E-state index contributed by atoms with van der Waals surface area (Å²) in [4.78, 5) is 24.2. The number of hydrogen-bond acceptors (Lipinski definition) is 4. The number of benzene rings is 2. The van der Waals surface area contributed by atoms with Gasteiger partial charge < -0.3 is 19.3 Å². The summed E-state index contributed by atoms with van der Waals surface area (Å²) in [6.07, 6.45) is 7.09. The minimum Gasteiger partial charge on any atom is -0.489 e. The number of allylic oxidation sites excluding steroid dienone is 1. The van der Waals surface area contributed by atoms with E-state index >= 15 is 0 Å². The van der Waals surface area contributed by atoms with E-state index in [1.54, 1.807) is 24.3 Å². The van der Waals surface area contributed by atoms with Gasteiger partial charge in [-0.2, -0.15) is 0 Å². The van der Waals surface area contributed by atoms with Crippen molar-refractivity contribution < 1.29 is 23.5 Å². The van der Waals surface area contributed by atoms with Crippen LogP contribution in [0, 0.1) is 0 Å². The predicted octanol–water partition coefficient (Wildman–Crippen LogP) is 5.95. The molecular formula is C30H43N2O4+. The molecule has 196 valence electrons. The third-order valence-electron chi connectivity index (χ3n) is 5.98. The molecule has 0 unspecified atom stereocenters. The van der Waals surface area contributed by atoms with E-state index in [1.165, 1.54) is 0 Å². The van der Waals surface area contributed by atoms with Crippen LogP contribution in [0.1, 0.15) is 61.9 Å². The van der Waals surface area contributed by atoms with E-state index in [0.717, 1.165) is 44.3 Å². The number of ether oxygens (including phenoxy) is 2. The summed E-state index contributed by atoms with van der Waals surface area (Å²) >= 11 is 0. The van der Waals surface area contributed by atoms with Crippen LogP contribution in [0.25, 0.3) is 0 Å². The molecule has 6 nitrogen and oxygen atoms in total. The Labute approximate surface area is 216 Å². The van der Waals surface area contributed by atoms with E-state index in [-0.39, 0.29) is 11.7 Å². The summed E-state index contributed by atoms with van der Waals surface area (Å²) in [6.45, 7) is 10.4. The Morgan fingerprint density at radius 2 is 1.78 bits per heavy atom. The quantitative estimate of drug-likeness (QED) is 0.127. The Hall–Kier alpha value is -3.12. The highest BCUT2D eigenvalue weighted by Gasteiger charge is 2.20. The normalized spacial score (nSPS) is 11.1. The first-order chi connectivity index (χ1) is 17.3. The van der Waals surface area contributed by atoms with Crippen LogP contribution in [0.4, 0.5) is 0 Å². The van der Waals surface area contributed by atoms with Gasteiger partial charge in [0.25, 0.3) is 5.91 Å². The van der Waals surface area contributed by atoms with Gasteiger partial charge in [-0.25, -0.2) is 0 Å². The summed E-state index contributed by atoms with van der Waals surface area (Å²) < 4.78 is 13.0. The second kappa shape index (κ2) is 15.1. The molecule has 1 N–H and O–H groups in total. The first-order valence-corrected chi connectivity index (χ1v) is 13.0. The van der Waals surface area contributed by atoms with Crippen LogP contribution in [0.3, 0.4) is 0 Å². The van der Waals surface area contributed by atoms with Crippen LogP contribution in [0.5, 0.6) is 17.2 Å². The van der Waals surface area contributed by atoms with Crippen molar-refractivity contribution in [3.05, 3.63) is 66.2 Å². The van der Waals surface area contributed by atoms with E-state index < -0.39 is 0 Å². The molecule has 0 aliphatic heterocycles. The predicted molar refractivity (Wildman–Crippen MR) is 146 cm³/mol. The standard InChI is InChI=1S/C30H42N2O4/c1-6-9-10-20-31-29(34)23-32(4,5)21-12-22-35-30-25(13-7-2)14-11-15-28(30)36-26-18-16-24(17-19-26)27(33)8-3/h7,11,14-19H,2,6,8-10,12-13,20-23H2,1,3-5H3/p+1. The van der Waals surface area contributed by atoms with Crippen molar-refractivity contribution in [3.63, 3.8) is 0 Å². The number of Topliss-reactive ketones (excluding diaryl/α,β-unsaturated/α-hetero) is 1. The smallest absolute Gasteiger partial charge is 0.275 e. The Morgan fingerprint density at radius 1 is 1.03 bits per heavy atom. The van der Waals surface area contributed by atoms with Gasteiger partial charge in [0.2, 0.25) is 0 Å². The van der Waals surface area contributed by atoms with Crippen LogP contribution in [0.15, 0.2) is 55.1 Å². The average molecular weight is 496 g/mol. The molecular weight excluding hydrogens is 452 g/mol. The van der Waals surface area contributed by atoms with Gasteiger partial charge in [0, 0.05) is 30.5 Å². The van der Waals surface area contributed by atoms with Crippen molar-refractivity contribution >= 4 is 11.7 Å². The van der Waals surface area contributed by atoms with Crippen molar-refractivity contribution in [1.29, 1.82) is 0 Å². The fraction of sp³-hybridized carbons (Fsp3) is 0.467. The largest absolute Gasteiger partial charge is 0.489 e. The number of unbranched alkanes of at least 4 members (excludes halogenated alkanes) is 2. The Balaban J connectivity index is 1.97. The van der Waals surface area contributed by atoms with Crippen molar-refractivity contribution in [1.82, 2.24) is 5.32 Å². The van der Waals surface area contributed by atoms with Gasteiger partial charge in [0.1, 0.15) is 5.75 Å². The molecule has 0 radical (unpaired) electrons. The van der Waals surface area contributed by atoms with Crippen molar-refractivity contribution in [2.45, 2.75) is 52.4 Å². The summed E-state index contributed by atoms with van der Waals surface area (Å²) in [6, 6.07) is 13.0. The maximum Gasteiger partial charge on any atom is 0.275 e. The molecule has 2 aromatic carbocycles. The fourth-order valence-corrected chi connectivity index (χ4v) is 3.96. The number of ketones is 1. The molecule has 1 amide bonds. The second-order valence-corrected chi connectivity index (χ2v) is 9.72. The summed E-state index contributed by atoms with van der Waals surface area (Å²) in [7, 11) is 4.14. The van der Waals surface area contributed by atoms with Gasteiger partial charge in [-0.3, -0.25) is 9.59 Å². The molecule has 0 spiro atoms. The van der Waals surface area contributed by atoms with Gasteiger partial charge >= 0.3 is 0 Å². The number of rotatable bonds is 17. The monoisotopic (exact) mass is 495 g/mol. The van der Waals surface area contributed by atoms with E-state index in [4.69, 9.17) is 9.47 Å². The minimum atomic E-state index is 0.0932. The highest BCUT2D eigenvalue weighted by molar-refractivity contribution is 5.95. The number of para-hydroxylation sites is 1. The highest BCUT2D eigenvalue weighted by Crippen LogP contribution is 2.35. The minimum absolute atomic E-state index is 0.0932. The van der Waals surface area contributed by atoms with E-state index in [0.29, 0.717) is 53.3 Å². The third-order valence-corrected chi connectivity index (χ3v) is 5.98. The summed E-state index contributed by atoms with van der Waals surface area (Å²) in [5, 5.41) is 3.02. The molecule has 0 aliphatic carbocycles. The number of quaternary nitrogens is 1. The first kappa shape index (κ1) is 29.1. The Morgan fingerprint density at radius 3 is 2.44 bits per heavy atom. The van der Waals surface area contributed by atoms with Crippen LogP contribution in [0.2, 0.25) is 0 Å². The van der Waals surface area contributed by atoms with Gasteiger partial charge in [-0.15, -0.1) is 6.58 Å². The van der Waals surface area contributed by atoms with Crippen LogP contribution in [-0.2, 0) is 11.2 Å². The first-order valence-electron chi connectivity index (χ1n) is 13.0. The van der Waals surface area contributed by atoms with Gasteiger partial charge in [-0.05, 0) is 43.2 Å². The lowest BCUT2D eigenvalue weighted by Gasteiger charge is -2.29. The zero-order chi connectivity index (χ0) is 26.4. The highest BCUT2D eigenvalue weighted by atomic mass is 16.5. The van der Waals surface area contributed by atoms with Gasteiger partial charge in [-0.1, -0.05) is 44.9 Å². The molecule has 0 saturated heterocycles. The fourth-order valence-electron chi connectivity index (χ4n) is 3.96. The molecule has 0 heterocycles. The number of hydrogen-bond donors (Lipinski definition) is 1. The van der Waals surface area contributed by atoms with Crippen molar-refractivity contribution in [2.24, 2.45) is 0 Å². The molecule has 36 heavy (non-hydrogen) atoms. The molecule has 2 rings (SSSR count). The second-order valence-electron chi connectivity index (χ2n) is 9.72. The summed E-state index contributed by atoms with van der Waals surface area (Å²) in [5.41, 5.74) is 1.68. The molecule has 0 bridgehead atoms. The average Bonchev–Trinajstić information content (AvgIpc) is 2.85. The third kappa shape index (κ3) is 9.86. The zero-order valence-corrected chi connectivity index (χ0v) is 22.5. The number of nitrogens with one attached hydrogen (secondary N) is 1. The topological polar surface area (TPSA) is 64.6 Å². The SMILES string of the molecule is C=CCc1cccc(Oc2ccc(C(=O)CC)cc2)c1OCCC[N+](C)(C)CC(=O)NCCCCC. The number of amides is 1. The van der Waals surface area contributed by atoms with E-state index in [9.17, 15) is 9.59 Å². The number of carbonyl (C=O) groups is 2. The summed E-state index contributed by atoms with van der Waals surface area (Å²) in [5.74, 6) is 2.17. The Kier molecular flexibility index (Phi) is 12.2. The van der Waals surface area contributed by atoms with E-state index in [1.807, 2.05) is 31.2 Å². The number of likely N-dealkylation sites (N-methyl/N-ethyl adjacent to an activating group) is 1. The van der Waals surface area contributed by atoms with Gasteiger partial charge in [0.15, 0.2) is 23.8 Å². The van der Waals surface area contributed by atoms with Crippen LogP contribution in [-0.4, -0.2) is 56.5 Å². The van der Waals surface area contributed by atoms with Crippen LogP contribution >= 0.6 is 0 Å². The zero-order valence-electron chi connectivity index (χ0n) is 22.5. The molecule has 0 saturated carbocycles. The lowest BCUT2D eigenvalue weighted by atomic mass is 10.1. The van der Waals surface area contributed by atoms with E-state index in [2.05, 4.69) is 32.9 Å². The maximum absolute atomic E-state index is 12.3. The number of carbonyl (C=O) groups excluding carboxylic acids is 2. The van der Waals surface area contributed by atoms with Crippen molar-refractivity contribution in [3.8, 4) is 17.2 Å². The maximum atomic E-state index is 12.3. The lowest BCUT2D eigenvalue weighted by Crippen LogP contribution is -2.48. The molecule has 6 heteroatoms.